The second-order valence-electron chi connectivity index (χ2n) is 7.49. The lowest BCUT2D eigenvalue weighted by Gasteiger charge is -2.32. The van der Waals surface area contributed by atoms with E-state index in [1.165, 1.54) is 24.3 Å². The van der Waals surface area contributed by atoms with Crippen LogP contribution < -0.4 is 10.1 Å². The van der Waals surface area contributed by atoms with Gasteiger partial charge in [-0.2, -0.15) is 0 Å². The van der Waals surface area contributed by atoms with Crippen LogP contribution in [0.2, 0.25) is 0 Å². The number of halogens is 1. The van der Waals surface area contributed by atoms with E-state index in [4.69, 9.17) is 4.74 Å². The molecule has 0 aromatic heterocycles. The molecule has 6 heteroatoms. The number of hydrogen-bond acceptors (Lipinski definition) is 3. The lowest BCUT2D eigenvalue weighted by molar-refractivity contribution is 0.0697. The molecule has 0 saturated carbocycles. The second kappa shape index (κ2) is 9.43. The van der Waals surface area contributed by atoms with Gasteiger partial charge in [-0.1, -0.05) is 24.3 Å². The van der Waals surface area contributed by atoms with Gasteiger partial charge in [0.05, 0.1) is 0 Å². The summed E-state index contributed by atoms with van der Waals surface area (Å²) < 4.78 is 18.8. The fourth-order valence-corrected chi connectivity index (χ4v) is 3.60. The number of carbonyl (C=O) groups is 2. The summed E-state index contributed by atoms with van der Waals surface area (Å²) in [4.78, 5) is 27.0. The van der Waals surface area contributed by atoms with E-state index in [0.717, 1.165) is 0 Å². The normalized spacial score (nSPS) is 14.2. The van der Waals surface area contributed by atoms with Gasteiger partial charge in [0.1, 0.15) is 17.3 Å². The van der Waals surface area contributed by atoms with Crippen LogP contribution in [0.25, 0.3) is 0 Å². The van der Waals surface area contributed by atoms with Crippen molar-refractivity contribution in [2.45, 2.75) is 18.9 Å². The Hall–Kier alpha value is -3.67. The number of nitrogens with one attached hydrogen (secondary N) is 1. The fourth-order valence-electron chi connectivity index (χ4n) is 3.60. The largest absolute Gasteiger partial charge is 0.457 e. The highest BCUT2D eigenvalue weighted by molar-refractivity contribution is 5.95. The first-order valence-corrected chi connectivity index (χ1v) is 10.3. The van der Waals surface area contributed by atoms with Gasteiger partial charge >= 0.3 is 0 Å². The summed E-state index contributed by atoms with van der Waals surface area (Å²) in [6.07, 6.45) is 1.33. The molecule has 1 aliphatic rings. The van der Waals surface area contributed by atoms with E-state index in [-0.39, 0.29) is 23.7 Å². The predicted molar refractivity (Wildman–Crippen MR) is 116 cm³/mol. The number of ether oxygens (including phenoxy) is 1. The Balaban J connectivity index is 1.32. The minimum Gasteiger partial charge on any atom is -0.457 e. The summed E-state index contributed by atoms with van der Waals surface area (Å²) in [5.74, 6) is 0.669. The topological polar surface area (TPSA) is 58.6 Å². The standard InChI is InChI=1S/C25H23FN2O3/c26-20-11-9-18(10-12-20)24(29)27-21-13-15-28(16-14-21)25(30)19-5-4-8-23(17-19)31-22-6-2-1-3-7-22/h1-12,17,21H,13-16H2,(H,27,29). The Morgan fingerprint density at radius 2 is 1.52 bits per heavy atom. The van der Waals surface area contributed by atoms with Crippen LogP contribution in [0, 0.1) is 5.82 Å². The molecule has 3 aromatic carbocycles. The molecule has 0 spiro atoms. The number of amides is 2. The van der Waals surface area contributed by atoms with E-state index in [1.54, 1.807) is 23.1 Å². The minimum absolute atomic E-state index is 0.0191. The van der Waals surface area contributed by atoms with Crippen LogP contribution in [0.15, 0.2) is 78.9 Å². The van der Waals surface area contributed by atoms with Gasteiger partial charge < -0.3 is 15.0 Å². The van der Waals surface area contributed by atoms with Gasteiger partial charge in [-0.3, -0.25) is 9.59 Å². The van der Waals surface area contributed by atoms with Crippen LogP contribution >= 0.6 is 0 Å². The first kappa shape index (κ1) is 20.6. The molecule has 0 atom stereocenters. The molecule has 0 unspecified atom stereocenters. The van der Waals surface area contributed by atoms with Crippen LogP contribution in [-0.2, 0) is 0 Å². The van der Waals surface area contributed by atoms with E-state index in [2.05, 4.69) is 5.32 Å². The Morgan fingerprint density at radius 1 is 0.839 bits per heavy atom. The van der Waals surface area contributed by atoms with Crippen molar-refractivity contribution in [1.29, 1.82) is 0 Å². The summed E-state index contributed by atoms with van der Waals surface area (Å²) in [6, 6.07) is 22.0. The molecule has 1 aliphatic heterocycles. The van der Waals surface area contributed by atoms with E-state index >= 15 is 0 Å². The van der Waals surface area contributed by atoms with E-state index in [1.807, 2.05) is 36.4 Å². The molecule has 0 radical (unpaired) electrons. The number of carbonyl (C=O) groups excluding carboxylic acids is 2. The average Bonchev–Trinajstić information content (AvgIpc) is 2.80. The van der Waals surface area contributed by atoms with Gasteiger partial charge in [-0.15, -0.1) is 0 Å². The zero-order valence-corrected chi connectivity index (χ0v) is 17.0. The molecule has 2 amide bonds. The van der Waals surface area contributed by atoms with Crippen molar-refractivity contribution in [1.82, 2.24) is 10.2 Å². The molecule has 3 aromatic rings. The molecule has 0 aliphatic carbocycles. The van der Waals surface area contributed by atoms with Crippen molar-refractivity contribution in [3.05, 3.63) is 95.8 Å². The van der Waals surface area contributed by atoms with Gasteiger partial charge in [0.2, 0.25) is 0 Å². The van der Waals surface area contributed by atoms with Crippen LogP contribution in [-0.4, -0.2) is 35.8 Å². The molecule has 4 rings (SSSR count). The third-order valence-corrected chi connectivity index (χ3v) is 5.28. The molecule has 158 valence electrons. The Bertz CT molecular complexity index is 1050. The van der Waals surface area contributed by atoms with Crippen molar-refractivity contribution in [2.24, 2.45) is 0 Å². The molecular weight excluding hydrogens is 395 g/mol. The second-order valence-corrected chi connectivity index (χ2v) is 7.49. The van der Waals surface area contributed by atoms with Gasteiger partial charge in [0.15, 0.2) is 0 Å². The van der Waals surface area contributed by atoms with Crippen LogP contribution in [0.1, 0.15) is 33.6 Å². The number of benzene rings is 3. The Kier molecular flexibility index (Phi) is 6.26. The van der Waals surface area contributed by atoms with Gasteiger partial charge in [-0.25, -0.2) is 4.39 Å². The minimum atomic E-state index is -0.374. The Morgan fingerprint density at radius 3 is 2.23 bits per heavy atom. The van der Waals surface area contributed by atoms with Crippen molar-refractivity contribution in [3.8, 4) is 11.5 Å². The molecule has 1 N–H and O–H groups in total. The van der Waals surface area contributed by atoms with Crippen molar-refractivity contribution in [2.75, 3.05) is 13.1 Å². The molecule has 5 nitrogen and oxygen atoms in total. The molecule has 1 saturated heterocycles. The van der Waals surface area contributed by atoms with Crippen LogP contribution in [0.3, 0.4) is 0 Å². The number of para-hydroxylation sites is 1. The first-order valence-electron chi connectivity index (χ1n) is 10.3. The highest BCUT2D eigenvalue weighted by atomic mass is 19.1. The van der Waals surface area contributed by atoms with Gasteiger partial charge in [0, 0.05) is 30.3 Å². The zero-order valence-electron chi connectivity index (χ0n) is 17.0. The number of likely N-dealkylation sites (tertiary alicyclic amines) is 1. The molecule has 1 heterocycles. The predicted octanol–water partition coefficient (Wildman–Crippen LogP) is 4.65. The first-order chi connectivity index (χ1) is 15.1. The third-order valence-electron chi connectivity index (χ3n) is 5.28. The lowest BCUT2D eigenvalue weighted by atomic mass is 10.0. The number of rotatable bonds is 5. The number of nitrogens with zero attached hydrogens (tertiary/aromatic N) is 1. The van der Waals surface area contributed by atoms with Crippen molar-refractivity contribution in [3.63, 3.8) is 0 Å². The molecule has 1 fully saturated rings. The summed E-state index contributed by atoms with van der Waals surface area (Å²) in [6.45, 7) is 1.11. The SMILES string of the molecule is O=C(NC1CCN(C(=O)c2cccc(Oc3ccccc3)c2)CC1)c1ccc(F)cc1. The Labute approximate surface area is 180 Å². The highest BCUT2D eigenvalue weighted by Crippen LogP contribution is 2.23. The summed E-state index contributed by atoms with van der Waals surface area (Å²) in [5.41, 5.74) is 0.998. The maximum Gasteiger partial charge on any atom is 0.253 e. The highest BCUT2D eigenvalue weighted by Gasteiger charge is 2.25. The number of piperidine rings is 1. The summed E-state index contributed by atoms with van der Waals surface area (Å²) in [7, 11) is 0. The van der Waals surface area contributed by atoms with E-state index in [0.29, 0.717) is 48.6 Å². The third kappa shape index (κ3) is 5.28. The van der Waals surface area contributed by atoms with Crippen LogP contribution in [0.5, 0.6) is 11.5 Å². The quantitative estimate of drug-likeness (QED) is 0.656. The van der Waals surface area contributed by atoms with E-state index in [9.17, 15) is 14.0 Å². The smallest absolute Gasteiger partial charge is 0.253 e. The molecule has 31 heavy (non-hydrogen) atoms. The monoisotopic (exact) mass is 418 g/mol. The van der Waals surface area contributed by atoms with E-state index < -0.39 is 0 Å². The number of hydrogen-bond donors (Lipinski definition) is 1. The maximum atomic E-state index is 13.0. The molecule has 0 bridgehead atoms. The van der Waals surface area contributed by atoms with Crippen LogP contribution in [0.4, 0.5) is 4.39 Å². The van der Waals surface area contributed by atoms with Crippen molar-refractivity contribution < 1.29 is 18.7 Å². The van der Waals surface area contributed by atoms with Gasteiger partial charge in [-0.05, 0) is 67.4 Å². The van der Waals surface area contributed by atoms with Gasteiger partial charge in [0.25, 0.3) is 11.8 Å². The summed E-state index contributed by atoms with van der Waals surface area (Å²) in [5, 5.41) is 2.97. The van der Waals surface area contributed by atoms with Crippen molar-refractivity contribution >= 4 is 11.8 Å². The zero-order chi connectivity index (χ0) is 21.6. The maximum absolute atomic E-state index is 13.0. The molecular formula is C25H23FN2O3. The average molecular weight is 418 g/mol. The fraction of sp³-hybridized carbons (Fsp3) is 0.200. The summed E-state index contributed by atoms with van der Waals surface area (Å²) >= 11 is 0. The lowest BCUT2D eigenvalue weighted by Crippen LogP contribution is -2.46.